The number of aromatic nitrogens is 2. The number of anilines is 1. The molecule has 6 N–H and O–H groups in total. The summed E-state index contributed by atoms with van der Waals surface area (Å²) in [6, 6.07) is 9.81. The monoisotopic (exact) mass is 552 g/mol. The van der Waals surface area contributed by atoms with Gasteiger partial charge in [-0.1, -0.05) is 18.6 Å². The van der Waals surface area contributed by atoms with Gasteiger partial charge in [-0.05, 0) is 82.7 Å². The van der Waals surface area contributed by atoms with E-state index in [2.05, 4.69) is 22.5 Å². The third kappa shape index (κ3) is 7.89. The van der Waals surface area contributed by atoms with E-state index in [0.717, 1.165) is 25.8 Å². The van der Waals surface area contributed by atoms with E-state index < -0.39 is 11.2 Å². The second-order valence-electron chi connectivity index (χ2n) is 11.9. The maximum absolute atomic E-state index is 12.7. The first-order valence-electron chi connectivity index (χ1n) is 14.3. The Labute approximate surface area is 236 Å². The van der Waals surface area contributed by atoms with Crippen molar-refractivity contribution in [3.63, 3.8) is 0 Å². The van der Waals surface area contributed by atoms with Crippen LogP contribution in [0.5, 0.6) is 0 Å². The molecule has 0 bridgehead atoms. The molecule has 2 aliphatic rings. The Kier molecular flexibility index (Phi) is 9.60. The van der Waals surface area contributed by atoms with Gasteiger partial charge < -0.3 is 26.6 Å². The van der Waals surface area contributed by atoms with Crippen molar-refractivity contribution in [2.75, 3.05) is 38.0 Å². The van der Waals surface area contributed by atoms with Crippen molar-refractivity contribution in [3.8, 4) is 5.69 Å². The first-order chi connectivity index (χ1) is 19.0. The minimum atomic E-state index is -0.947. The molecular weight excluding hydrogens is 508 g/mol. The van der Waals surface area contributed by atoms with E-state index >= 15 is 0 Å². The van der Waals surface area contributed by atoms with Gasteiger partial charge in [0.15, 0.2) is 0 Å². The topological polar surface area (TPSA) is 152 Å². The number of hydrogen-bond donors (Lipinski definition) is 4. The Bertz CT molecular complexity index is 1220. The molecule has 4 rings (SSSR count). The van der Waals surface area contributed by atoms with Crippen LogP contribution < -0.4 is 27.8 Å². The van der Waals surface area contributed by atoms with Crippen molar-refractivity contribution >= 4 is 17.8 Å². The highest BCUT2D eigenvalue weighted by Gasteiger charge is 2.31. The van der Waals surface area contributed by atoms with E-state index in [0.29, 0.717) is 49.9 Å². The zero-order chi connectivity index (χ0) is 28.9. The Morgan fingerprint density at radius 1 is 1.07 bits per heavy atom. The van der Waals surface area contributed by atoms with Gasteiger partial charge in [-0.15, -0.1) is 0 Å². The van der Waals surface area contributed by atoms with Crippen molar-refractivity contribution < 1.29 is 9.59 Å². The summed E-state index contributed by atoms with van der Waals surface area (Å²) in [6.07, 6.45) is 7.22. The van der Waals surface area contributed by atoms with E-state index in [-0.39, 0.29) is 17.8 Å². The molecule has 3 atom stereocenters. The standard InChI is InChI=1S/C29H44N8O3/c1-20(32-19-22-5-4-6-23(30)18-22)17-21-7-9-24(10-8-21)37-12-11-25(34-28(37)40)33-27(39)36-15-13-35(14-16-36)26(38)29(2,3)31/h7-12,20,22-23,32H,4-6,13-19,30-31H2,1-3H3,(H,33,34,39,40)/t20?,22-,23-/m1/s1. The Balaban J connectivity index is 1.27. The Morgan fingerprint density at radius 2 is 1.75 bits per heavy atom. The fourth-order valence-electron chi connectivity index (χ4n) is 5.48. The molecule has 11 nitrogen and oxygen atoms in total. The molecule has 40 heavy (non-hydrogen) atoms. The molecule has 1 aliphatic carbocycles. The Hall–Kier alpha value is -3.28. The van der Waals surface area contributed by atoms with E-state index in [9.17, 15) is 14.4 Å². The second kappa shape index (κ2) is 12.9. The zero-order valence-corrected chi connectivity index (χ0v) is 23.9. The summed E-state index contributed by atoms with van der Waals surface area (Å²) in [5.74, 6) is 0.700. The molecule has 218 valence electrons. The molecule has 1 saturated carbocycles. The van der Waals surface area contributed by atoms with E-state index in [1.54, 1.807) is 35.9 Å². The lowest BCUT2D eigenvalue weighted by atomic mass is 9.86. The van der Waals surface area contributed by atoms with Gasteiger partial charge in [0.2, 0.25) is 5.91 Å². The molecule has 2 heterocycles. The number of urea groups is 1. The van der Waals surface area contributed by atoms with Crippen LogP contribution in [0.2, 0.25) is 0 Å². The largest absolute Gasteiger partial charge is 0.354 e. The van der Waals surface area contributed by atoms with E-state index in [1.165, 1.54) is 23.0 Å². The van der Waals surface area contributed by atoms with Crippen molar-refractivity contribution in [2.45, 2.75) is 70.5 Å². The molecule has 1 aliphatic heterocycles. The zero-order valence-electron chi connectivity index (χ0n) is 23.9. The van der Waals surface area contributed by atoms with Crippen LogP contribution in [0, 0.1) is 5.92 Å². The van der Waals surface area contributed by atoms with Gasteiger partial charge in [0.25, 0.3) is 0 Å². The highest BCUT2D eigenvalue weighted by Crippen LogP contribution is 2.22. The molecule has 1 aromatic heterocycles. The van der Waals surface area contributed by atoms with Crippen molar-refractivity contribution in [3.05, 3.63) is 52.6 Å². The molecule has 2 aromatic rings. The van der Waals surface area contributed by atoms with Gasteiger partial charge in [0, 0.05) is 44.5 Å². The third-order valence-electron chi connectivity index (χ3n) is 7.78. The van der Waals surface area contributed by atoms with Gasteiger partial charge in [-0.2, -0.15) is 4.98 Å². The number of nitrogens with one attached hydrogen (secondary N) is 2. The summed E-state index contributed by atoms with van der Waals surface area (Å²) in [4.78, 5) is 45.1. The quantitative estimate of drug-likeness (QED) is 0.389. The number of amides is 3. The maximum Gasteiger partial charge on any atom is 0.354 e. The van der Waals surface area contributed by atoms with E-state index in [1.807, 2.05) is 24.3 Å². The van der Waals surface area contributed by atoms with Crippen molar-refractivity contribution in [1.82, 2.24) is 24.7 Å². The smallest absolute Gasteiger partial charge is 0.338 e. The number of nitrogens with zero attached hydrogens (tertiary/aromatic N) is 4. The number of carbonyl (C=O) groups excluding carboxylic acids is 2. The minimum absolute atomic E-state index is 0.141. The molecule has 3 amide bonds. The summed E-state index contributed by atoms with van der Waals surface area (Å²) in [7, 11) is 0. The lowest BCUT2D eigenvalue weighted by Gasteiger charge is -2.37. The normalized spacial score (nSPS) is 20.7. The Morgan fingerprint density at radius 3 is 2.38 bits per heavy atom. The molecule has 0 radical (unpaired) electrons. The van der Waals surface area contributed by atoms with Crippen LogP contribution in [0.3, 0.4) is 0 Å². The molecule has 1 saturated heterocycles. The predicted molar refractivity (Wildman–Crippen MR) is 156 cm³/mol. The van der Waals surface area contributed by atoms with Crippen LogP contribution in [0.1, 0.15) is 52.0 Å². The van der Waals surface area contributed by atoms with Gasteiger partial charge in [-0.3, -0.25) is 14.7 Å². The fourth-order valence-corrected chi connectivity index (χ4v) is 5.48. The molecule has 2 fully saturated rings. The average molecular weight is 553 g/mol. The van der Waals surface area contributed by atoms with E-state index in [4.69, 9.17) is 11.5 Å². The molecule has 11 heteroatoms. The maximum atomic E-state index is 12.7. The van der Waals surface area contributed by atoms with Crippen LogP contribution in [-0.4, -0.2) is 81.6 Å². The summed E-state index contributed by atoms with van der Waals surface area (Å²) in [6.45, 7) is 8.10. The molecule has 1 unspecified atom stereocenters. The highest BCUT2D eigenvalue weighted by molar-refractivity contribution is 5.89. The fraction of sp³-hybridized carbons (Fsp3) is 0.586. The molecule has 0 spiro atoms. The number of carbonyl (C=O) groups is 2. The van der Waals surface area contributed by atoms with Crippen LogP contribution >= 0.6 is 0 Å². The third-order valence-corrected chi connectivity index (χ3v) is 7.78. The van der Waals surface area contributed by atoms with Crippen LogP contribution in [0.4, 0.5) is 10.6 Å². The number of hydrogen-bond acceptors (Lipinski definition) is 7. The van der Waals surface area contributed by atoms with Crippen LogP contribution in [-0.2, 0) is 11.2 Å². The summed E-state index contributed by atoms with van der Waals surface area (Å²) in [5.41, 5.74) is 12.5. The molecular formula is C29H44N8O3. The summed E-state index contributed by atoms with van der Waals surface area (Å²) < 4.78 is 1.45. The van der Waals surface area contributed by atoms with Crippen LogP contribution in [0.25, 0.3) is 5.69 Å². The van der Waals surface area contributed by atoms with Gasteiger partial charge in [0.05, 0.1) is 11.2 Å². The van der Waals surface area contributed by atoms with Gasteiger partial charge in [0.1, 0.15) is 5.82 Å². The lowest BCUT2D eigenvalue weighted by Crippen LogP contribution is -2.58. The van der Waals surface area contributed by atoms with Gasteiger partial charge in [-0.25, -0.2) is 9.59 Å². The van der Waals surface area contributed by atoms with Crippen molar-refractivity contribution in [1.29, 1.82) is 0 Å². The number of rotatable bonds is 8. The lowest BCUT2D eigenvalue weighted by molar-refractivity contribution is -0.137. The van der Waals surface area contributed by atoms with Crippen LogP contribution in [0.15, 0.2) is 41.3 Å². The first kappa shape index (κ1) is 29.7. The predicted octanol–water partition coefficient (Wildman–Crippen LogP) is 1.68. The molecule has 1 aromatic carbocycles. The number of nitrogens with two attached hydrogens (primary N) is 2. The highest BCUT2D eigenvalue weighted by atomic mass is 16.2. The average Bonchev–Trinajstić information content (AvgIpc) is 2.92. The minimum Gasteiger partial charge on any atom is -0.338 e. The first-order valence-corrected chi connectivity index (χ1v) is 14.3. The summed E-state index contributed by atoms with van der Waals surface area (Å²) in [5, 5.41) is 6.35. The van der Waals surface area contributed by atoms with Crippen molar-refractivity contribution in [2.24, 2.45) is 17.4 Å². The number of benzene rings is 1. The summed E-state index contributed by atoms with van der Waals surface area (Å²) >= 11 is 0. The second-order valence-corrected chi connectivity index (χ2v) is 11.9. The SMILES string of the molecule is CC(Cc1ccc(-n2ccc(NC(=O)N3CCN(C(=O)C(C)(C)N)CC3)nc2=O)cc1)NC[C@@H]1CCC[C@@H](N)C1. The number of piperazine rings is 1. The van der Waals surface area contributed by atoms with Gasteiger partial charge >= 0.3 is 11.7 Å².